The van der Waals surface area contributed by atoms with Gasteiger partial charge in [-0.25, -0.2) is 4.98 Å². The normalized spacial score (nSPS) is 11.3. The molecule has 5 rings (SSSR count). The van der Waals surface area contributed by atoms with Gasteiger partial charge in [0.15, 0.2) is 11.0 Å². The second-order valence-corrected chi connectivity index (χ2v) is 7.92. The van der Waals surface area contributed by atoms with Crippen molar-refractivity contribution in [2.24, 2.45) is 0 Å². The smallest absolute Gasteiger partial charge is 0.262 e. The predicted octanol–water partition coefficient (Wildman–Crippen LogP) is 4.44. The zero-order valence-corrected chi connectivity index (χ0v) is 16.7. The summed E-state index contributed by atoms with van der Waals surface area (Å²) in [6, 6.07) is 12.9. The zero-order chi connectivity index (χ0) is 19.6. The maximum Gasteiger partial charge on any atom is 0.262 e. The Morgan fingerprint density at radius 3 is 2.86 bits per heavy atom. The van der Waals surface area contributed by atoms with E-state index < -0.39 is 0 Å². The highest BCUT2D eigenvalue weighted by molar-refractivity contribution is 7.98. The molecule has 0 N–H and O–H groups in total. The number of hydrogen-bond acceptors (Lipinski definition) is 8. The maximum absolute atomic E-state index is 13.1. The molecule has 29 heavy (non-hydrogen) atoms. The Balaban J connectivity index is 1.47. The minimum Gasteiger partial charge on any atom is -0.467 e. The van der Waals surface area contributed by atoms with Crippen molar-refractivity contribution in [2.45, 2.75) is 17.5 Å². The van der Waals surface area contributed by atoms with Crippen LogP contribution in [0.2, 0.25) is 0 Å². The fourth-order valence-electron chi connectivity index (χ4n) is 2.90. The van der Waals surface area contributed by atoms with E-state index in [1.165, 1.54) is 11.8 Å². The van der Waals surface area contributed by atoms with Crippen molar-refractivity contribution in [3.8, 4) is 11.5 Å². The number of rotatable bonds is 6. The minimum atomic E-state index is -0.110. The minimum absolute atomic E-state index is 0.110. The van der Waals surface area contributed by atoms with Gasteiger partial charge in [-0.2, -0.15) is 16.3 Å². The van der Waals surface area contributed by atoms with Gasteiger partial charge in [0.2, 0.25) is 0 Å². The van der Waals surface area contributed by atoms with Crippen molar-refractivity contribution in [3.05, 3.63) is 81.4 Å². The van der Waals surface area contributed by atoms with Crippen LogP contribution in [0.15, 0.2) is 78.4 Å². The molecular formula is C20H14N4O3S2. The number of fused-ring (bicyclic) bond motifs is 1. The molecule has 0 bridgehead atoms. The average molecular weight is 422 g/mol. The Bertz CT molecular complexity index is 1310. The highest BCUT2D eigenvalue weighted by Crippen LogP contribution is 2.24. The third kappa shape index (κ3) is 3.62. The van der Waals surface area contributed by atoms with Crippen LogP contribution in [0, 0.1) is 0 Å². The van der Waals surface area contributed by atoms with E-state index in [2.05, 4.69) is 15.1 Å². The van der Waals surface area contributed by atoms with E-state index in [0.717, 1.165) is 5.56 Å². The third-order valence-electron chi connectivity index (χ3n) is 4.29. The van der Waals surface area contributed by atoms with E-state index in [-0.39, 0.29) is 5.56 Å². The number of aromatic nitrogens is 4. The molecule has 0 aliphatic heterocycles. The van der Waals surface area contributed by atoms with Gasteiger partial charge in [0.25, 0.3) is 11.4 Å². The number of nitrogens with zero attached hydrogens (tertiary/aromatic N) is 4. The van der Waals surface area contributed by atoms with Crippen molar-refractivity contribution >= 4 is 34.0 Å². The largest absolute Gasteiger partial charge is 0.467 e. The molecule has 0 fully saturated rings. The summed E-state index contributed by atoms with van der Waals surface area (Å²) < 4.78 is 12.4. The summed E-state index contributed by atoms with van der Waals surface area (Å²) in [4.78, 5) is 22.2. The highest BCUT2D eigenvalue weighted by Gasteiger charge is 2.15. The monoisotopic (exact) mass is 422 g/mol. The summed E-state index contributed by atoms with van der Waals surface area (Å²) in [6.07, 6.45) is 1.59. The highest BCUT2D eigenvalue weighted by atomic mass is 32.2. The van der Waals surface area contributed by atoms with Crippen molar-refractivity contribution in [3.63, 3.8) is 0 Å². The Kier molecular flexibility index (Phi) is 4.74. The van der Waals surface area contributed by atoms with Crippen LogP contribution in [0.5, 0.6) is 0 Å². The molecule has 0 unspecified atom stereocenters. The molecule has 0 amide bonds. The standard InChI is InChI=1S/C20H14N4O3S2/c25-19-15-5-1-2-6-16(15)21-20(24(19)10-14-4-3-8-26-14)29-12-17-22-18(27-23-17)13-7-9-28-11-13/h1-9,11H,10,12H2. The SMILES string of the molecule is O=c1c2ccccc2nc(SCc2noc(-c3ccsc3)n2)n1Cc1ccco1. The molecule has 144 valence electrons. The van der Waals surface area contributed by atoms with Crippen LogP contribution in [0.1, 0.15) is 11.6 Å². The van der Waals surface area contributed by atoms with E-state index >= 15 is 0 Å². The first-order chi connectivity index (χ1) is 14.3. The van der Waals surface area contributed by atoms with Crippen LogP contribution in [0.4, 0.5) is 0 Å². The summed E-state index contributed by atoms with van der Waals surface area (Å²) in [5.74, 6) is 2.14. The lowest BCUT2D eigenvalue weighted by molar-refractivity contribution is 0.425. The number of thiophene rings is 1. The first-order valence-electron chi connectivity index (χ1n) is 8.78. The summed E-state index contributed by atoms with van der Waals surface area (Å²) >= 11 is 2.96. The third-order valence-corrected chi connectivity index (χ3v) is 5.94. The molecule has 4 heterocycles. The van der Waals surface area contributed by atoms with Crippen molar-refractivity contribution in [2.75, 3.05) is 0 Å². The Labute approximate surface area is 173 Å². The molecule has 0 spiro atoms. The van der Waals surface area contributed by atoms with Crippen LogP contribution in [-0.2, 0) is 12.3 Å². The van der Waals surface area contributed by atoms with Crippen LogP contribution in [0.25, 0.3) is 22.4 Å². The Morgan fingerprint density at radius 1 is 1.10 bits per heavy atom. The summed E-state index contributed by atoms with van der Waals surface area (Å²) in [6.45, 7) is 0.304. The van der Waals surface area contributed by atoms with Gasteiger partial charge in [0.05, 0.1) is 35.0 Å². The lowest BCUT2D eigenvalue weighted by Crippen LogP contribution is -2.23. The predicted molar refractivity (Wildman–Crippen MR) is 111 cm³/mol. The lowest BCUT2D eigenvalue weighted by atomic mass is 10.2. The molecule has 0 aliphatic rings. The zero-order valence-electron chi connectivity index (χ0n) is 15.0. The van der Waals surface area contributed by atoms with Gasteiger partial charge in [-0.15, -0.1) is 0 Å². The van der Waals surface area contributed by atoms with E-state index in [1.54, 1.807) is 34.3 Å². The summed E-state index contributed by atoms with van der Waals surface area (Å²) in [5.41, 5.74) is 1.45. The molecule has 0 aliphatic carbocycles. The maximum atomic E-state index is 13.1. The number of hydrogen-bond donors (Lipinski definition) is 0. The van der Waals surface area contributed by atoms with Gasteiger partial charge >= 0.3 is 0 Å². The number of para-hydroxylation sites is 1. The number of thioether (sulfide) groups is 1. The fraction of sp³-hybridized carbons (Fsp3) is 0.100. The van der Waals surface area contributed by atoms with Gasteiger partial charge in [-0.3, -0.25) is 9.36 Å². The number of benzene rings is 1. The van der Waals surface area contributed by atoms with E-state index in [1.807, 2.05) is 41.1 Å². The molecule has 0 radical (unpaired) electrons. The molecule has 0 saturated carbocycles. The molecule has 7 nitrogen and oxygen atoms in total. The molecule has 0 atom stereocenters. The van der Waals surface area contributed by atoms with Gasteiger partial charge in [-0.05, 0) is 35.7 Å². The molecule has 9 heteroatoms. The average Bonchev–Trinajstić information content (AvgIpc) is 3.51. The summed E-state index contributed by atoms with van der Waals surface area (Å²) in [5, 5.41) is 9.10. The van der Waals surface area contributed by atoms with Crippen molar-refractivity contribution in [1.29, 1.82) is 0 Å². The molecular weight excluding hydrogens is 408 g/mol. The Hall–Kier alpha value is -3.17. The summed E-state index contributed by atoms with van der Waals surface area (Å²) in [7, 11) is 0. The fourth-order valence-corrected chi connectivity index (χ4v) is 4.37. The quantitative estimate of drug-likeness (QED) is 0.295. The lowest BCUT2D eigenvalue weighted by Gasteiger charge is -2.11. The Morgan fingerprint density at radius 2 is 2.03 bits per heavy atom. The second-order valence-electron chi connectivity index (χ2n) is 6.20. The van der Waals surface area contributed by atoms with Crippen LogP contribution in [-0.4, -0.2) is 19.7 Å². The molecule has 0 saturated heterocycles. The molecule has 4 aromatic heterocycles. The van der Waals surface area contributed by atoms with Gasteiger partial charge in [0, 0.05) is 5.38 Å². The second kappa shape index (κ2) is 7.69. The van der Waals surface area contributed by atoms with Gasteiger partial charge in [0.1, 0.15) is 5.76 Å². The first kappa shape index (κ1) is 17.9. The molecule has 1 aromatic carbocycles. The van der Waals surface area contributed by atoms with Crippen LogP contribution in [0.3, 0.4) is 0 Å². The molecule has 5 aromatic rings. The van der Waals surface area contributed by atoms with E-state index in [0.29, 0.717) is 45.8 Å². The van der Waals surface area contributed by atoms with Crippen LogP contribution >= 0.6 is 23.1 Å². The van der Waals surface area contributed by atoms with E-state index in [4.69, 9.17) is 8.94 Å². The van der Waals surface area contributed by atoms with Crippen LogP contribution < -0.4 is 5.56 Å². The number of furan rings is 1. The van der Waals surface area contributed by atoms with Crippen molar-refractivity contribution < 1.29 is 8.94 Å². The topological polar surface area (TPSA) is 87.0 Å². The van der Waals surface area contributed by atoms with Gasteiger partial charge < -0.3 is 8.94 Å². The first-order valence-corrected chi connectivity index (χ1v) is 10.7. The van der Waals surface area contributed by atoms with Gasteiger partial charge in [-0.1, -0.05) is 29.1 Å². The van der Waals surface area contributed by atoms with E-state index in [9.17, 15) is 4.79 Å². The van der Waals surface area contributed by atoms with Crippen molar-refractivity contribution in [1.82, 2.24) is 19.7 Å².